The lowest BCUT2D eigenvalue weighted by Crippen LogP contribution is -2.43. The summed E-state index contributed by atoms with van der Waals surface area (Å²) in [5, 5.41) is 0. The van der Waals surface area contributed by atoms with E-state index in [-0.39, 0.29) is 0 Å². The van der Waals surface area contributed by atoms with Crippen LogP contribution in [0.1, 0.15) is 39.5 Å². The first kappa shape index (κ1) is 16.9. The molecule has 1 aliphatic carbocycles. The second-order valence-electron chi connectivity index (χ2n) is 6.92. The number of rotatable bonds is 5. The number of hydrogen-bond acceptors (Lipinski definition) is 4. The standard InChI is InChI=1S/C17H32N2O2/c1-4-15-12-17(20)13-16(11-14(15)2)18(3)5-6-19-7-9-21-10-8-19/h14-16H,4-13H2,1-3H3. The van der Waals surface area contributed by atoms with Crippen LogP contribution in [0.15, 0.2) is 0 Å². The molecule has 1 aliphatic heterocycles. The number of ether oxygens (including phenoxy) is 1. The summed E-state index contributed by atoms with van der Waals surface area (Å²) in [6, 6.07) is 0.435. The summed E-state index contributed by atoms with van der Waals surface area (Å²) in [5.41, 5.74) is 0. The van der Waals surface area contributed by atoms with Crippen LogP contribution in [0, 0.1) is 11.8 Å². The fraction of sp³-hybridized carbons (Fsp3) is 0.941. The number of Topliss-reactive ketones (excluding diaryl/α,β-unsaturated/α-hetero) is 1. The van der Waals surface area contributed by atoms with Crippen LogP contribution in [0.2, 0.25) is 0 Å². The number of carbonyl (C=O) groups is 1. The topological polar surface area (TPSA) is 32.8 Å². The molecule has 2 rings (SSSR count). The van der Waals surface area contributed by atoms with Gasteiger partial charge in [-0.05, 0) is 25.3 Å². The molecule has 3 atom stereocenters. The first-order chi connectivity index (χ1) is 10.1. The van der Waals surface area contributed by atoms with Crippen molar-refractivity contribution in [3.63, 3.8) is 0 Å². The molecule has 0 spiro atoms. The SMILES string of the molecule is CCC1CC(=O)CC(N(C)CCN2CCOCC2)CC1C. The smallest absolute Gasteiger partial charge is 0.134 e. The van der Waals surface area contributed by atoms with Crippen molar-refractivity contribution in [1.29, 1.82) is 0 Å². The van der Waals surface area contributed by atoms with Crippen molar-refractivity contribution in [3.05, 3.63) is 0 Å². The van der Waals surface area contributed by atoms with Gasteiger partial charge in [0.2, 0.25) is 0 Å². The summed E-state index contributed by atoms with van der Waals surface area (Å²) in [6.07, 6.45) is 3.85. The number of hydrogen-bond donors (Lipinski definition) is 0. The zero-order valence-electron chi connectivity index (χ0n) is 14.0. The van der Waals surface area contributed by atoms with Crippen LogP contribution in [0.3, 0.4) is 0 Å². The van der Waals surface area contributed by atoms with Gasteiger partial charge in [0.15, 0.2) is 0 Å². The van der Waals surface area contributed by atoms with E-state index in [0.717, 1.165) is 58.7 Å². The van der Waals surface area contributed by atoms with Gasteiger partial charge in [-0.15, -0.1) is 0 Å². The van der Waals surface area contributed by atoms with Crippen LogP contribution in [-0.4, -0.2) is 68.1 Å². The Morgan fingerprint density at radius 3 is 2.67 bits per heavy atom. The van der Waals surface area contributed by atoms with E-state index in [1.54, 1.807) is 0 Å². The van der Waals surface area contributed by atoms with Gasteiger partial charge in [0, 0.05) is 45.1 Å². The third-order valence-corrected chi connectivity index (χ3v) is 5.42. The Kier molecular flexibility index (Phi) is 6.65. The van der Waals surface area contributed by atoms with Crippen LogP contribution >= 0.6 is 0 Å². The monoisotopic (exact) mass is 296 g/mol. The lowest BCUT2D eigenvalue weighted by Gasteiger charge is -2.32. The Hall–Kier alpha value is -0.450. The third kappa shape index (κ3) is 5.04. The average Bonchev–Trinajstić information content (AvgIpc) is 2.64. The van der Waals surface area contributed by atoms with Crippen molar-refractivity contribution in [3.8, 4) is 0 Å². The zero-order valence-corrected chi connectivity index (χ0v) is 14.0. The summed E-state index contributed by atoms with van der Waals surface area (Å²) in [6.45, 7) is 10.5. The van der Waals surface area contributed by atoms with E-state index in [0.29, 0.717) is 23.7 Å². The minimum Gasteiger partial charge on any atom is -0.379 e. The molecule has 0 aromatic rings. The van der Waals surface area contributed by atoms with Crippen molar-refractivity contribution in [2.24, 2.45) is 11.8 Å². The molecule has 1 saturated heterocycles. The van der Waals surface area contributed by atoms with E-state index >= 15 is 0 Å². The van der Waals surface area contributed by atoms with Crippen LogP contribution in [-0.2, 0) is 9.53 Å². The van der Waals surface area contributed by atoms with Gasteiger partial charge < -0.3 is 9.64 Å². The molecule has 0 bridgehead atoms. The van der Waals surface area contributed by atoms with Gasteiger partial charge in [0.25, 0.3) is 0 Å². The molecular weight excluding hydrogens is 264 g/mol. The normalized spacial score (nSPS) is 32.4. The van der Waals surface area contributed by atoms with E-state index in [1.807, 2.05) is 0 Å². The van der Waals surface area contributed by atoms with Gasteiger partial charge in [-0.1, -0.05) is 20.3 Å². The Labute approximate surface area is 129 Å². The van der Waals surface area contributed by atoms with Crippen LogP contribution in [0.5, 0.6) is 0 Å². The van der Waals surface area contributed by atoms with Crippen molar-refractivity contribution < 1.29 is 9.53 Å². The quantitative estimate of drug-likeness (QED) is 0.727. The van der Waals surface area contributed by atoms with Gasteiger partial charge in [-0.25, -0.2) is 0 Å². The van der Waals surface area contributed by atoms with E-state index < -0.39 is 0 Å². The molecule has 2 aliphatic rings. The van der Waals surface area contributed by atoms with Gasteiger partial charge in [-0.3, -0.25) is 9.69 Å². The molecule has 0 amide bonds. The average molecular weight is 296 g/mol. The highest BCUT2D eigenvalue weighted by molar-refractivity contribution is 5.79. The molecule has 1 saturated carbocycles. The number of carbonyl (C=O) groups excluding carboxylic acids is 1. The number of morpholine rings is 1. The highest BCUT2D eigenvalue weighted by Crippen LogP contribution is 2.30. The molecule has 4 heteroatoms. The van der Waals surface area contributed by atoms with Crippen LogP contribution in [0.4, 0.5) is 0 Å². The van der Waals surface area contributed by atoms with Crippen molar-refractivity contribution in [2.45, 2.75) is 45.6 Å². The number of likely N-dealkylation sites (N-methyl/N-ethyl adjacent to an activating group) is 1. The number of ketones is 1. The molecule has 4 nitrogen and oxygen atoms in total. The maximum absolute atomic E-state index is 12.2. The second-order valence-corrected chi connectivity index (χ2v) is 6.92. The van der Waals surface area contributed by atoms with E-state index in [4.69, 9.17) is 4.74 Å². The molecule has 3 unspecified atom stereocenters. The van der Waals surface area contributed by atoms with Crippen molar-refractivity contribution >= 4 is 5.78 Å². The first-order valence-electron chi connectivity index (χ1n) is 8.62. The number of nitrogens with zero attached hydrogens (tertiary/aromatic N) is 2. The Bertz CT molecular complexity index is 329. The summed E-state index contributed by atoms with van der Waals surface area (Å²) < 4.78 is 5.39. The first-order valence-corrected chi connectivity index (χ1v) is 8.62. The molecule has 0 aromatic heterocycles. The Morgan fingerprint density at radius 1 is 1.29 bits per heavy atom. The lowest BCUT2D eigenvalue weighted by molar-refractivity contribution is -0.120. The highest BCUT2D eigenvalue weighted by Gasteiger charge is 2.30. The van der Waals surface area contributed by atoms with Gasteiger partial charge in [-0.2, -0.15) is 0 Å². The van der Waals surface area contributed by atoms with Crippen LogP contribution < -0.4 is 0 Å². The van der Waals surface area contributed by atoms with E-state index in [2.05, 4.69) is 30.7 Å². The van der Waals surface area contributed by atoms with Gasteiger partial charge >= 0.3 is 0 Å². The summed E-state index contributed by atoms with van der Waals surface area (Å²) >= 11 is 0. The maximum atomic E-state index is 12.2. The molecule has 0 N–H and O–H groups in total. The predicted molar refractivity (Wildman–Crippen MR) is 85.5 cm³/mol. The van der Waals surface area contributed by atoms with Crippen LogP contribution in [0.25, 0.3) is 0 Å². The molecule has 0 radical (unpaired) electrons. The third-order valence-electron chi connectivity index (χ3n) is 5.42. The fourth-order valence-corrected chi connectivity index (χ4v) is 3.73. The summed E-state index contributed by atoms with van der Waals surface area (Å²) in [4.78, 5) is 17.1. The Balaban J connectivity index is 1.82. The van der Waals surface area contributed by atoms with Gasteiger partial charge in [0.05, 0.1) is 13.2 Å². The summed E-state index contributed by atoms with van der Waals surface area (Å²) in [5.74, 6) is 1.72. The predicted octanol–water partition coefficient (Wildman–Crippen LogP) is 2.03. The van der Waals surface area contributed by atoms with Crippen molar-refractivity contribution in [2.75, 3.05) is 46.4 Å². The molecule has 2 fully saturated rings. The molecule has 122 valence electrons. The molecule has 21 heavy (non-hydrogen) atoms. The molecular formula is C17H32N2O2. The minimum absolute atomic E-state index is 0.435. The molecule has 1 heterocycles. The Morgan fingerprint density at radius 2 is 2.00 bits per heavy atom. The summed E-state index contributed by atoms with van der Waals surface area (Å²) in [7, 11) is 2.19. The zero-order chi connectivity index (χ0) is 15.2. The maximum Gasteiger partial charge on any atom is 0.134 e. The van der Waals surface area contributed by atoms with Crippen molar-refractivity contribution in [1.82, 2.24) is 9.80 Å². The largest absolute Gasteiger partial charge is 0.379 e. The second kappa shape index (κ2) is 8.25. The van der Waals surface area contributed by atoms with Gasteiger partial charge in [0.1, 0.15) is 5.78 Å². The van der Waals surface area contributed by atoms with E-state index in [1.165, 1.54) is 6.42 Å². The minimum atomic E-state index is 0.435. The fourth-order valence-electron chi connectivity index (χ4n) is 3.73. The highest BCUT2D eigenvalue weighted by atomic mass is 16.5. The lowest BCUT2D eigenvalue weighted by atomic mass is 9.87. The van der Waals surface area contributed by atoms with E-state index in [9.17, 15) is 4.79 Å². The molecule has 0 aromatic carbocycles.